The maximum Gasteiger partial charge on any atom is 0.324 e. The number of hydrogen-bond donors (Lipinski definition) is 2. The van der Waals surface area contributed by atoms with E-state index >= 15 is 0 Å². The summed E-state index contributed by atoms with van der Waals surface area (Å²) in [6.07, 6.45) is 0. The van der Waals surface area contributed by atoms with Crippen molar-refractivity contribution in [3.8, 4) is 0 Å². The van der Waals surface area contributed by atoms with Crippen LogP contribution in [0.1, 0.15) is 6.92 Å². The van der Waals surface area contributed by atoms with Gasteiger partial charge in [0, 0.05) is 0 Å². The molecule has 0 radical (unpaired) electrons. The van der Waals surface area contributed by atoms with Crippen molar-refractivity contribution in [1.29, 1.82) is 0 Å². The molecule has 0 aromatic heterocycles. The lowest BCUT2D eigenvalue weighted by molar-refractivity contribution is -0.144. The second-order valence-corrected chi connectivity index (χ2v) is 3.60. The highest BCUT2D eigenvalue weighted by Gasteiger charge is 2.20. The maximum atomic E-state index is 10.7. The average molecular weight is 197 g/mol. The van der Waals surface area contributed by atoms with Crippen LogP contribution in [-0.2, 0) is 19.6 Å². The van der Waals surface area contributed by atoms with E-state index in [0.717, 1.165) is 0 Å². The molecule has 0 aliphatic carbocycles. The van der Waals surface area contributed by atoms with E-state index < -0.39 is 27.9 Å². The average Bonchev–Trinajstić information content (AvgIpc) is 1.84. The number of rotatable bonds is 4. The Morgan fingerprint density at radius 1 is 1.67 bits per heavy atom. The predicted octanol–water partition coefficient (Wildman–Crippen LogP) is -1.24. The minimum atomic E-state index is -4.21. The molecular formula is C5H11NO5S. The summed E-state index contributed by atoms with van der Waals surface area (Å²) in [5.74, 6) is -1.65. The van der Waals surface area contributed by atoms with Gasteiger partial charge in [-0.05, 0) is 6.92 Å². The van der Waals surface area contributed by atoms with Crippen LogP contribution in [-0.4, -0.2) is 37.3 Å². The van der Waals surface area contributed by atoms with Crippen LogP contribution >= 0.6 is 0 Å². The minimum absolute atomic E-state index is 0.123. The minimum Gasteiger partial charge on any atom is -0.465 e. The van der Waals surface area contributed by atoms with Gasteiger partial charge in [0.15, 0.2) is 0 Å². The van der Waals surface area contributed by atoms with Crippen molar-refractivity contribution in [3.05, 3.63) is 0 Å². The zero-order valence-corrected chi connectivity index (χ0v) is 7.37. The highest BCUT2D eigenvalue weighted by atomic mass is 32.2. The highest BCUT2D eigenvalue weighted by Crippen LogP contribution is 1.91. The number of carbonyl (C=O) groups is 1. The van der Waals surface area contributed by atoms with Gasteiger partial charge in [-0.3, -0.25) is 9.35 Å². The molecule has 3 N–H and O–H groups in total. The second-order valence-electron chi connectivity index (χ2n) is 2.11. The summed E-state index contributed by atoms with van der Waals surface area (Å²) in [5, 5.41) is 0. The van der Waals surface area contributed by atoms with Gasteiger partial charge in [0.2, 0.25) is 0 Å². The van der Waals surface area contributed by atoms with E-state index in [1.165, 1.54) is 0 Å². The molecule has 0 amide bonds. The topological polar surface area (TPSA) is 107 Å². The van der Waals surface area contributed by atoms with Gasteiger partial charge in [-0.1, -0.05) is 0 Å². The third kappa shape index (κ3) is 5.05. The van der Waals surface area contributed by atoms with Gasteiger partial charge in [-0.25, -0.2) is 0 Å². The number of hydrogen-bond acceptors (Lipinski definition) is 5. The first-order valence-electron chi connectivity index (χ1n) is 3.24. The lowest BCUT2D eigenvalue weighted by atomic mass is 10.4. The molecule has 0 bridgehead atoms. The van der Waals surface area contributed by atoms with Crippen molar-refractivity contribution < 1.29 is 22.5 Å². The van der Waals surface area contributed by atoms with Crippen LogP contribution < -0.4 is 5.73 Å². The molecule has 0 unspecified atom stereocenters. The van der Waals surface area contributed by atoms with Gasteiger partial charge in [0.1, 0.15) is 11.8 Å². The molecule has 0 aromatic rings. The molecule has 1 atom stereocenters. The summed E-state index contributed by atoms with van der Waals surface area (Å²) in [6.45, 7) is 1.69. The molecule has 6 nitrogen and oxygen atoms in total. The summed E-state index contributed by atoms with van der Waals surface area (Å²) in [7, 11) is -4.21. The van der Waals surface area contributed by atoms with E-state index in [4.69, 9.17) is 10.3 Å². The SMILES string of the molecule is CCOC(=O)[C@H](N)CS(=O)(=O)O. The standard InChI is InChI=1S/C5H11NO5S/c1-2-11-5(7)4(6)3-12(8,9)10/h4H,2-3,6H2,1H3,(H,8,9,10)/t4-/m1/s1. The third-order valence-corrected chi connectivity index (χ3v) is 1.76. The molecule has 0 fully saturated rings. The molecule has 12 heavy (non-hydrogen) atoms. The van der Waals surface area contributed by atoms with Crippen molar-refractivity contribution in [1.82, 2.24) is 0 Å². The van der Waals surface area contributed by atoms with Crippen molar-refractivity contribution >= 4 is 16.1 Å². The largest absolute Gasteiger partial charge is 0.465 e. The van der Waals surface area contributed by atoms with E-state index in [0.29, 0.717) is 0 Å². The molecule has 7 heteroatoms. The van der Waals surface area contributed by atoms with Crippen LogP contribution in [0.4, 0.5) is 0 Å². The predicted molar refractivity (Wildman–Crippen MR) is 41.0 cm³/mol. The summed E-state index contributed by atoms with van der Waals surface area (Å²) in [6, 6.07) is -1.32. The zero-order valence-electron chi connectivity index (χ0n) is 6.56. The second kappa shape index (κ2) is 4.39. The van der Waals surface area contributed by atoms with Gasteiger partial charge >= 0.3 is 5.97 Å². The van der Waals surface area contributed by atoms with Crippen LogP contribution in [0.2, 0.25) is 0 Å². The molecule has 0 heterocycles. The van der Waals surface area contributed by atoms with Gasteiger partial charge in [-0.15, -0.1) is 0 Å². The van der Waals surface area contributed by atoms with Crippen LogP contribution in [0, 0.1) is 0 Å². The Hall–Kier alpha value is -0.660. The van der Waals surface area contributed by atoms with Gasteiger partial charge < -0.3 is 10.5 Å². The smallest absolute Gasteiger partial charge is 0.324 e. The first kappa shape index (κ1) is 11.3. The summed E-state index contributed by atoms with van der Waals surface area (Å²) < 4.78 is 33.1. The van der Waals surface area contributed by atoms with E-state index in [2.05, 4.69) is 4.74 Å². The fourth-order valence-electron chi connectivity index (χ4n) is 0.544. The lowest BCUT2D eigenvalue weighted by Crippen LogP contribution is -2.38. The zero-order chi connectivity index (χ0) is 9.78. The van der Waals surface area contributed by atoms with Crippen LogP contribution in [0.5, 0.6) is 0 Å². The Labute approximate surface area is 70.4 Å². The molecule has 72 valence electrons. The first-order chi connectivity index (χ1) is 5.37. The van der Waals surface area contributed by atoms with E-state index in [-0.39, 0.29) is 6.61 Å². The van der Waals surface area contributed by atoms with E-state index in [1.807, 2.05) is 0 Å². The fourth-order valence-corrected chi connectivity index (χ4v) is 1.13. The van der Waals surface area contributed by atoms with Crippen LogP contribution in [0.3, 0.4) is 0 Å². The fraction of sp³-hybridized carbons (Fsp3) is 0.800. The summed E-state index contributed by atoms with van der Waals surface area (Å²) >= 11 is 0. The highest BCUT2D eigenvalue weighted by molar-refractivity contribution is 7.85. The Morgan fingerprint density at radius 2 is 2.17 bits per heavy atom. The van der Waals surface area contributed by atoms with E-state index in [1.54, 1.807) is 6.92 Å². The van der Waals surface area contributed by atoms with Gasteiger partial charge in [0.05, 0.1) is 6.61 Å². The molecule has 0 rings (SSSR count). The molecule has 0 saturated heterocycles. The third-order valence-electron chi connectivity index (χ3n) is 0.980. The number of esters is 1. The molecule has 0 spiro atoms. The maximum absolute atomic E-state index is 10.7. The summed E-state index contributed by atoms with van der Waals surface area (Å²) in [5.41, 5.74) is 5.08. The Bertz CT molecular complexity index is 247. The monoisotopic (exact) mass is 197 g/mol. The van der Waals surface area contributed by atoms with Gasteiger partial charge in [-0.2, -0.15) is 8.42 Å². The normalized spacial score (nSPS) is 13.9. The molecular weight excluding hydrogens is 186 g/mol. The van der Waals surface area contributed by atoms with Crippen LogP contribution in [0.25, 0.3) is 0 Å². The number of nitrogens with two attached hydrogens (primary N) is 1. The quantitative estimate of drug-likeness (QED) is 0.431. The Kier molecular flexibility index (Phi) is 4.15. The molecule has 0 aliphatic heterocycles. The lowest BCUT2D eigenvalue weighted by Gasteiger charge is -2.07. The summed E-state index contributed by atoms with van der Waals surface area (Å²) in [4.78, 5) is 10.7. The number of carbonyl (C=O) groups excluding carboxylic acids is 1. The van der Waals surface area contributed by atoms with Crippen molar-refractivity contribution in [2.24, 2.45) is 5.73 Å². The molecule has 0 aliphatic rings. The van der Waals surface area contributed by atoms with E-state index in [9.17, 15) is 13.2 Å². The van der Waals surface area contributed by atoms with Gasteiger partial charge in [0.25, 0.3) is 10.1 Å². The van der Waals surface area contributed by atoms with Crippen LogP contribution in [0.15, 0.2) is 0 Å². The van der Waals surface area contributed by atoms with Crippen molar-refractivity contribution in [2.75, 3.05) is 12.4 Å². The number of ether oxygens (including phenoxy) is 1. The first-order valence-corrected chi connectivity index (χ1v) is 4.85. The Morgan fingerprint density at radius 3 is 2.50 bits per heavy atom. The molecule has 0 aromatic carbocycles. The van der Waals surface area contributed by atoms with Crippen molar-refractivity contribution in [3.63, 3.8) is 0 Å². The van der Waals surface area contributed by atoms with Crippen molar-refractivity contribution in [2.45, 2.75) is 13.0 Å². The Balaban J connectivity index is 4.05. The molecule has 0 saturated carbocycles.